The number of aromatic nitrogens is 3. The summed E-state index contributed by atoms with van der Waals surface area (Å²) in [7, 11) is -3.58. The van der Waals surface area contributed by atoms with Gasteiger partial charge in [-0.3, -0.25) is 4.99 Å². The highest BCUT2D eigenvalue weighted by Gasteiger charge is 2.50. The first kappa shape index (κ1) is 22.4. The van der Waals surface area contributed by atoms with Crippen LogP contribution in [0.15, 0.2) is 17.6 Å². The van der Waals surface area contributed by atoms with Crippen LogP contribution in [0.1, 0.15) is 25.7 Å². The van der Waals surface area contributed by atoms with Gasteiger partial charge in [-0.05, 0) is 31.6 Å². The quantitative estimate of drug-likeness (QED) is 0.362. The van der Waals surface area contributed by atoms with Gasteiger partial charge in [0.2, 0.25) is 0 Å². The maximum Gasteiger partial charge on any atom is 0.511 e. The second-order valence-corrected chi connectivity index (χ2v) is 8.51. The molecule has 0 saturated carbocycles. The lowest BCUT2D eigenvalue weighted by Gasteiger charge is -2.31. The fourth-order valence-corrected chi connectivity index (χ4v) is 3.91. The maximum absolute atomic E-state index is 12.6. The van der Waals surface area contributed by atoms with Crippen LogP contribution in [0.2, 0.25) is 0 Å². The molecule has 1 aromatic rings. The van der Waals surface area contributed by atoms with Crippen molar-refractivity contribution in [1.29, 1.82) is 0 Å². The van der Waals surface area contributed by atoms with Gasteiger partial charge in [-0.1, -0.05) is 0 Å². The Hall–Kier alpha value is -1.89. The third-order valence-corrected chi connectivity index (χ3v) is 6.22. The summed E-state index contributed by atoms with van der Waals surface area (Å²) in [4.78, 5) is 4.12. The summed E-state index contributed by atoms with van der Waals surface area (Å²) in [6, 6.07) is 0. The van der Waals surface area contributed by atoms with E-state index in [0.717, 1.165) is 25.9 Å². The SMILES string of the molecule is CN=C(NCCCCn1cnnc1)NCC1CCN(S(=O)(=O)C(F)(F)F)CC1. The number of piperidine rings is 1. The highest BCUT2D eigenvalue weighted by atomic mass is 32.2. The molecule has 2 rings (SSSR count). The van der Waals surface area contributed by atoms with Gasteiger partial charge in [-0.15, -0.1) is 10.2 Å². The van der Waals surface area contributed by atoms with E-state index in [1.54, 1.807) is 19.7 Å². The lowest BCUT2D eigenvalue weighted by atomic mass is 9.98. The Balaban J connectivity index is 1.63. The van der Waals surface area contributed by atoms with Gasteiger partial charge in [0.05, 0.1) is 0 Å². The lowest BCUT2D eigenvalue weighted by molar-refractivity contribution is -0.0496. The molecule has 1 aromatic heterocycles. The minimum absolute atomic E-state index is 0.0898. The first-order chi connectivity index (χ1) is 13.2. The Morgan fingerprint density at radius 2 is 1.82 bits per heavy atom. The molecule has 0 aliphatic carbocycles. The molecule has 0 atom stereocenters. The van der Waals surface area contributed by atoms with Crippen LogP contribution in [0.5, 0.6) is 0 Å². The van der Waals surface area contributed by atoms with Crippen molar-refractivity contribution in [2.24, 2.45) is 10.9 Å². The van der Waals surface area contributed by atoms with E-state index in [4.69, 9.17) is 0 Å². The van der Waals surface area contributed by atoms with E-state index in [9.17, 15) is 21.6 Å². The number of hydrogen-bond donors (Lipinski definition) is 2. The zero-order valence-electron chi connectivity index (χ0n) is 15.7. The number of halogens is 3. The molecule has 160 valence electrons. The van der Waals surface area contributed by atoms with Crippen molar-refractivity contribution in [3.05, 3.63) is 12.7 Å². The number of nitrogens with zero attached hydrogens (tertiary/aromatic N) is 5. The largest absolute Gasteiger partial charge is 0.511 e. The molecule has 0 aromatic carbocycles. The van der Waals surface area contributed by atoms with Gasteiger partial charge in [-0.2, -0.15) is 17.5 Å². The Labute approximate surface area is 162 Å². The highest BCUT2D eigenvalue weighted by Crippen LogP contribution is 2.30. The average molecular weight is 425 g/mol. The lowest BCUT2D eigenvalue weighted by Crippen LogP contribution is -2.47. The second-order valence-electron chi connectivity index (χ2n) is 6.58. The third-order valence-electron chi connectivity index (χ3n) is 4.59. The van der Waals surface area contributed by atoms with Crippen molar-refractivity contribution in [2.45, 2.75) is 37.7 Å². The zero-order valence-corrected chi connectivity index (χ0v) is 16.5. The summed E-state index contributed by atoms with van der Waals surface area (Å²) in [5.41, 5.74) is -5.24. The Morgan fingerprint density at radius 1 is 1.18 bits per heavy atom. The molecule has 1 aliphatic heterocycles. The van der Waals surface area contributed by atoms with Crippen LogP contribution >= 0.6 is 0 Å². The first-order valence-corrected chi connectivity index (χ1v) is 10.5. The summed E-state index contributed by atoms with van der Waals surface area (Å²) in [6.07, 6.45) is 5.95. The average Bonchev–Trinajstić information content (AvgIpc) is 3.17. The molecule has 1 saturated heterocycles. The summed E-state index contributed by atoms with van der Waals surface area (Å²) in [6.45, 7) is 1.84. The Morgan fingerprint density at radius 3 is 2.39 bits per heavy atom. The molecule has 28 heavy (non-hydrogen) atoms. The van der Waals surface area contributed by atoms with Crippen LogP contribution in [0, 0.1) is 5.92 Å². The molecule has 0 spiro atoms. The van der Waals surface area contributed by atoms with Gasteiger partial charge in [0, 0.05) is 39.8 Å². The van der Waals surface area contributed by atoms with E-state index in [1.807, 2.05) is 4.57 Å². The smallest absolute Gasteiger partial charge is 0.356 e. The number of nitrogens with one attached hydrogen (secondary N) is 2. The molecule has 1 fully saturated rings. The minimum Gasteiger partial charge on any atom is -0.356 e. The van der Waals surface area contributed by atoms with Gasteiger partial charge < -0.3 is 15.2 Å². The maximum atomic E-state index is 12.6. The predicted molar refractivity (Wildman–Crippen MR) is 97.9 cm³/mol. The van der Waals surface area contributed by atoms with Gasteiger partial charge in [-0.25, -0.2) is 8.42 Å². The highest BCUT2D eigenvalue weighted by molar-refractivity contribution is 7.90. The topological polar surface area (TPSA) is 105 Å². The number of hydrogen-bond acceptors (Lipinski definition) is 5. The number of unbranched alkanes of at least 4 members (excludes halogenated alkanes) is 1. The molecule has 0 unspecified atom stereocenters. The van der Waals surface area contributed by atoms with E-state index < -0.39 is 15.5 Å². The molecular weight excluding hydrogens is 399 g/mol. The normalized spacial score (nSPS) is 17.6. The first-order valence-electron chi connectivity index (χ1n) is 9.07. The third kappa shape index (κ3) is 6.33. The summed E-state index contributed by atoms with van der Waals surface area (Å²) >= 11 is 0. The van der Waals surface area contributed by atoms with Crippen molar-refractivity contribution in [2.75, 3.05) is 33.2 Å². The van der Waals surface area contributed by atoms with Crippen LogP contribution in [0.3, 0.4) is 0 Å². The standard InChI is InChI=1S/C15H26F3N7O2S/c1-19-14(20-6-2-3-7-24-11-22-23-12-24)21-10-13-4-8-25(9-5-13)28(26,27)15(16,17)18/h11-13H,2-10H2,1H3,(H2,19,20,21). The molecule has 1 aliphatic rings. The molecular formula is C15H26F3N7O2S. The van der Waals surface area contributed by atoms with Crippen molar-refractivity contribution >= 4 is 16.0 Å². The van der Waals surface area contributed by atoms with Crippen LogP contribution in [0.4, 0.5) is 13.2 Å². The van der Waals surface area contributed by atoms with Gasteiger partial charge in [0.1, 0.15) is 12.7 Å². The fraction of sp³-hybridized carbons (Fsp3) is 0.800. The van der Waals surface area contributed by atoms with E-state index >= 15 is 0 Å². The van der Waals surface area contributed by atoms with E-state index in [1.165, 1.54) is 0 Å². The molecule has 0 amide bonds. The Bertz CT molecular complexity index is 714. The number of aryl methyl sites for hydroxylation is 1. The monoisotopic (exact) mass is 425 g/mol. The zero-order chi connectivity index (χ0) is 20.6. The number of sulfonamides is 1. The Kier molecular flexibility index (Phi) is 8.04. The predicted octanol–water partition coefficient (Wildman–Crippen LogP) is 0.785. The van der Waals surface area contributed by atoms with Crippen molar-refractivity contribution < 1.29 is 21.6 Å². The van der Waals surface area contributed by atoms with Gasteiger partial charge in [0.25, 0.3) is 0 Å². The van der Waals surface area contributed by atoms with E-state index in [2.05, 4.69) is 25.8 Å². The van der Waals surface area contributed by atoms with Crippen molar-refractivity contribution in [3.8, 4) is 0 Å². The fourth-order valence-electron chi connectivity index (χ4n) is 2.93. The molecule has 9 nitrogen and oxygen atoms in total. The van der Waals surface area contributed by atoms with E-state index in [0.29, 0.717) is 29.7 Å². The van der Waals surface area contributed by atoms with Crippen molar-refractivity contribution in [1.82, 2.24) is 29.7 Å². The molecule has 0 bridgehead atoms. The van der Waals surface area contributed by atoms with E-state index in [-0.39, 0.29) is 19.0 Å². The number of aliphatic imine (C=N–C) groups is 1. The van der Waals surface area contributed by atoms with Crippen molar-refractivity contribution in [3.63, 3.8) is 0 Å². The number of guanidine groups is 1. The molecule has 2 N–H and O–H groups in total. The number of alkyl halides is 3. The minimum atomic E-state index is -5.24. The van der Waals surface area contributed by atoms with Crippen LogP contribution in [-0.4, -0.2) is 72.2 Å². The molecule has 2 heterocycles. The van der Waals surface area contributed by atoms with Crippen LogP contribution < -0.4 is 10.6 Å². The summed E-state index contributed by atoms with van der Waals surface area (Å²) in [5, 5.41) is 13.8. The second kappa shape index (κ2) is 10.0. The molecule has 13 heteroatoms. The number of rotatable bonds is 8. The van der Waals surface area contributed by atoms with Crippen LogP contribution in [0.25, 0.3) is 0 Å². The summed E-state index contributed by atoms with van der Waals surface area (Å²) in [5.74, 6) is 0.710. The molecule has 0 radical (unpaired) electrons. The van der Waals surface area contributed by atoms with Crippen LogP contribution in [-0.2, 0) is 16.6 Å². The summed E-state index contributed by atoms with van der Waals surface area (Å²) < 4.78 is 63.0. The van der Waals surface area contributed by atoms with Gasteiger partial charge in [0.15, 0.2) is 5.96 Å². The van der Waals surface area contributed by atoms with Gasteiger partial charge >= 0.3 is 15.5 Å².